The number of amides is 4. The molecule has 37 heavy (non-hydrogen) atoms. The minimum atomic E-state index is -0.804. The zero-order valence-electron chi connectivity index (χ0n) is 20.2. The molecule has 1 N–H and O–H groups in total. The number of carbonyl (C=O) groups is 3. The standard InChI is InChI=1S/C29H25BrN2O5/c1-3-8-21-15-20(17-25(36-4-2)26(21)37-18-19-9-6-5-7-10-19)16-24-27(33)31-29(35)32(28(24)34)23-13-11-22(30)12-14-23/h3,5-7,9-17H,1,4,8,18H2,2H3,(H,31,33,35)/b24-16+. The van der Waals surface area contributed by atoms with Gasteiger partial charge in [-0.2, -0.15) is 0 Å². The summed E-state index contributed by atoms with van der Waals surface area (Å²) in [6.07, 6.45) is 3.67. The van der Waals surface area contributed by atoms with Crippen LogP contribution < -0.4 is 19.7 Å². The molecule has 4 amide bonds. The molecule has 3 aromatic carbocycles. The van der Waals surface area contributed by atoms with Crippen molar-refractivity contribution >= 4 is 45.5 Å². The quantitative estimate of drug-likeness (QED) is 0.202. The lowest BCUT2D eigenvalue weighted by Gasteiger charge is -2.26. The molecule has 0 aromatic heterocycles. The summed E-state index contributed by atoms with van der Waals surface area (Å²) in [7, 11) is 0. The number of nitrogens with zero attached hydrogens (tertiary/aromatic N) is 1. The molecule has 0 aliphatic carbocycles. The molecule has 8 heteroatoms. The van der Waals surface area contributed by atoms with Crippen LogP contribution in [-0.4, -0.2) is 24.5 Å². The minimum absolute atomic E-state index is 0.174. The van der Waals surface area contributed by atoms with Gasteiger partial charge in [0.15, 0.2) is 11.5 Å². The van der Waals surface area contributed by atoms with E-state index in [1.807, 2.05) is 43.3 Å². The molecule has 0 spiro atoms. The van der Waals surface area contributed by atoms with Crippen LogP contribution in [-0.2, 0) is 22.6 Å². The van der Waals surface area contributed by atoms with Gasteiger partial charge in [0.1, 0.15) is 12.2 Å². The predicted molar refractivity (Wildman–Crippen MR) is 145 cm³/mol. The molecule has 1 aliphatic heterocycles. The van der Waals surface area contributed by atoms with Crippen molar-refractivity contribution in [2.24, 2.45) is 0 Å². The molecule has 1 fully saturated rings. The first-order valence-electron chi connectivity index (χ1n) is 11.7. The van der Waals surface area contributed by atoms with Gasteiger partial charge in [0.2, 0.25) is 0 Å². The van der Waals surface area contributed by atoms with Crippen molar-refractivity contribution in [1.82, 2.24) is 5.32 Å². The Bertz CT molecular complexity index is 1370. The fourth-order valence-electron chi connectivity index (χ4n) is 3.88. The van der Waals surface area contributed by atoms with E-state index in [2.05, 4.69) is 27.8 Å². The molecule has 188 valence electrons. The Balaban J connectivity index is 1.72. The summed E-state index contributed by atoms with van der Waals surface area (Å²) in [4.78, 5) is 39.4. The number of urea groups is 1. The smallest absolute Gasteiger partial charge is 0.335 e. The summed E-state index contributed by atoms with van der Waals surface area (Å²) in [5.74, 6) is -0.437. The maximum absolute atomic E-state index is 13.3. The van der Waals surface area contributed by atoms with Gasteiger partial charge < -0.3 is 9.47 Å². The van der Waals surface area contributed by atoms with Crippen molar-refractivity contribution < 1.29 is 23.9 Å². The third-order valence-corrected chi connectivity index (χ3v) is 6.07. The highest BCUT2D eigenvalue weighted by Crippen LogP contribution is 2.36. The van der Waals surface area contributed by atoms with Crippen molar-refractivity contribution in [3.63, 3.8) is 0 Å². The van der Waals surface area contributed by atoms with Gasteiger partial charge in [-0.3, -0.25) is 14.9 Å². The number of carbonyl (C=O) groups excluding carboxylic acids is 3. The summed E-state index contributed by atoms with van der Waals surface area (Å²) in [5, 5.41) is 2.25. The number of nitrogens with one attached hydrogen (secondary N) is 1. The van der Waals surface area contributed by atoms with E-state index < -0.39 is 17.8 Å². The van der Waals surface area contributed by atoms with E-state index in [1.165, 1.54) is 6.08 Å². The summed E-state index contributed by atoms with van der Waals surface area (Å²) < 4.78 is 12.8. The Hall–Kier alpha value is -4.17. The molecular formula is C29H25BrN2O5. The van der Waals surface area contributed by atoms with Crippen molar-refractivity contribution in [2.75, 3.05) is 11.5 Å². The van der Waals surface area contributed by atoms with Crippen molar-refractivity contribution in [2.45, 2.75) is 20.0 Å². The van der Waals surface area contributed by atoms with Crippen LogP contribution in [0.15, 0.2) is 89.4 Å². The molecule has 0 atom stereocenters. The topological polar surface area (TPSA) is 84.9 Å². The molecule has 1 aliphatic rings. The van der Waals surface area contributed by atoms with E-state index in [0.717, 1.165) is 20.5 Å². The molecule has 0 saturated carbocycles. The van der Waals surface area contributed by atoms with Gasteiger partial charge in [-0.05, 0) is 66.9 Å². The van der Waals surface area contributed by atoms with Gasteiger partial charge in [0, 0.05) is 10.0 Å². The van der Waals surface area contributed by atoms with E-state index in [1.54, 1.807) is 36.4 Å². The maximum atomic E-state index is 13.3. The number of allylic oxidation sites excluding steroid dienone is 1. The SMILES string of the molecule is C=CCc1cc(/C=C2\C(=O)NC(=O)N(c3ccc(Br)cc3)C2=O)cc(OCC)c1OCc1ccccc1. The number of ether oxygens (including phenoxy) is 2. The van der Waals surface area contributed by atoms with Gasteiger partial charge in [0.05, 0.1) is 12.3 Å². The molecule has 1 heterocycles. The molecular weight excluding hydrogens is 536 g/mol. The lowest BCUT2D eigenvalue weighted by atomic mass is 10.0. The van der Waals surface area contributed by atoms with E-state index in [0.29, 0.717) is 42.4 Å². The van der Waals surface area contributed by atoms with Crippen LogP contribution in [0.2, 0.25) is 0 Å². The van der Waals surface area contributed by atoms with Gasteiger partial charge in [-0.25, -0.2) is 9.69 Å². The largest absolute Gasteiger partial charge is 0.490 e. The van der Waals surface area contributed by atoms with Gasteiger partial charge >= 0.3 is 6.03 Å². The van der Waals surface area contributed by atoms with Crippen LogP contribution in [0.1, 0.15) is 23.6 Å². The summed E-state index contributed by atoms with van der Waals surface area (Å²) >= 11 is 3.34. The zero-order valence-corrected chi connectivity index (χ0v) is 21.8. The molecule has 1 saturated heterocycles. The van der Waals surface area contributed by atoms with Crippen molar-refractivity contribution in [3.8, 4) is 11.5 Å². The number of anilines is 1. The monoisotopic (exact) mass is 560 g/mol. The molecule has 3 aromatic rings. The van der Waals surface area contributed by atoms with Crippen LogP contribution >= 0.6 is 15.9 Å². The summed E-state index contributed by atoms with van der Waals surface area (Å²) in [6.45, 7) is 6.43. The Morgan fingerprint density at radius 2 is 1.73 bits per heavy atom. The normalized spacial score (nSPS) is 14.5. The van der Waals surface area contributed by atoms with Gasteiger partial charge in [-0.1, -0.05) is 52.3 Å². The van der Waals surface area contributed by atoms with Crippen molar-refractivity contribution in [3.05, 3.63) is 106 Å². The maximum Gasteiger partial charge on any atom is 0.335 e. The molecule has 0 unspecified atom stereocenters. The highest BCUT2D eigenvalue weighted by Gasteiger charge is 2.36. The van der Waals surface area contributed by atoms with Crippen LogP contribution in [0.3, 0.4) is 0 Å². The third-order valence-electron chi connectivity index (χ3n) is 5.54. The Morgan fingerprint density at radius 1 is 1.00 bits per heavy atom. The van der Waals surface area contributed by atoms with Crippen LogP contribution in [0, 0.1) is 0 Å². The first kappa shape index (κ1) is 25.9. The highest BCUT2D eigenvalue weighted by atomic mass is 79.9. The summed E-state index contributed by atoms with van der Waals surface area (Å²) in [5.41, 5.74) is 2.51. The van der Waals surface area contributed by atoms with E-state index in [-0.39, 0.29) is 5.57 Å². The van der Waals surface area contributed by atoms with Crippen LogP contribution in [0.25, 0.3) is 6.08 Å². The molecule has 4 rings (SSSR count). The average Bonchev–Trinajstić information content (AvgIpc) is 2.88. The third kappa shape index (κ3) is 5.98. The average molecular weight is 561 g/mol. The predicted octanol–water partition coefficient (Wildman–Crippen LogP) is 5.82. The minimum Gasteiger partial charge on any atom is -0.490 e. The second-order valence-electron chi connectivity index (χ2n) is 8.14. The number of halogens is 1. The number of barbiturate groups is 1. The number of rotatable bonds is 9. The Kier molecular flexibility index (Phi) is 8.20. The molecule has 7 nitrogen and oxygen atoms in total. The fraction of sp³-hybridized carbons (Fsp3) is 0.138. The molecule has 0 radical (unpaired) electrons. The first-order valence-corrected chi connectivity index (χ1v) is 12.4. The number of hydrogen-bond donors (Lipinski definition) is 1. The van der Waals surface area contributed by atoms with Crippen molar-refractivity contribution in [1.29, 1.82) is 0 Å². The number of imide groups is 2. The Labute approximate surface area is 223 Å². The van der Waals surface area contributed by atoms with E-state index in [9.17, 15) is 14.4 Å². The van der Waals surface area contributed by atoms with Gasteiger partial charge in [0.25, 0.3) is 11.8 Å². The fourth-order valence-corrected chi connectivity index (χ4v) is 4.14. The molecule has 0 bridgehead atoms. The van der Waals surface area contributed by atoms with Gasteiger partial charge in [-0.15, -0.1) is 6.58 Å². The lowest BCUT2D eigenvalue weighted by molar-refractivity contribution is -0.122. The van der Waals surface area contributed by atoms with Crippen LogP contribution in [0.5, 0.6) is 11.5 Å². The summed E-state index contributed by atoms with van der Waals surface area (Å²) in [6, 6.07) is 19.1. The number of benzene rings is 3. The Morgan fingerprint density at radius 3 is 2.41 bits per heavy atom. The first-order chi connectivity index (χ1) is 17.9. The second kappa shape index (κ2) is 11.7. The number of hydrogen-bond acceptors (Lipinski definition) is 5. The van der Waals surface area contributed by atoms with E-state index >= 15 is 0 Å². The highest BCUT2D eigenvalue weighted by molar-refractivity contribution is 9.10. The van der Waals surface area contributed by atoms with Crippen LogP contribution in [0.4, 0.5) is 10.5 Å². The lowest BCUT2D eigenvalue weighted by Crippen LogP contribution is -2.54. The van der Waals surface area contributed by atoms with E-state index in [4.69, 9.17) is 9.47 Å². The zero-order chi connectivity index (χ0) is 26.4. The second-order valence-corrected chi connectivity index (χ2v) is 9.06.